The van der Waals surface area contributed by atoms with Crippen LogP contribution in [0, 0.1) is 0 Å². The second kappa shape index (κ2) is 7.55. The zero-order valence-corrected chi connectivity index (χ0v) is 11.6. The van der Waals surface area contributed by atoms with E-state index in [2.05, 4.69) is 15.6 Å². The molecule has 1 amide bonds. The van der Waals surface area contributed by atoms with E-state index < -0.39 is 37.1 Å². The van der Waals surface area contributed by atoms with Gasteiger partial charge in [0.1, 0.15) is 11.1 Å². The van der Waals surface area contributed by atoms with Crippen molar-refractivity contribution in [2.75, 3.05) is 13.6 Å². The summed E-state index contributed by atoms with van der Waals surface area (Å²) in [6, 6.07) is -1.02. The van der Waals surface area contributed by atoms with Crippen LogP contribution >= 0.6 is 11.3 Å². The number of hydrogen-bond acceptors (Lipinski definition) is 5. The van der Waals surface area contributed by atoms with Gasteiger partial charge in [0.25, 0.3) is 0 Å². The number of carbonyl (C=O) groups is 1. The molecule has 1 heterocycles. The number of carbonyl (C=O) groups excluding carboxylic acids is 1. The topological polar surface area (TPSA) is 74.2 Å². The molecule has 1 aromatic heterocycles. The lowest BCUT2D eigenvalue weighted by molar-refractivity contribution is -0.139. The molecule has 0 aliphatic heterocycles. The molecule has 5 nitrogen and oxygen atoms in total. The van der Waals surface area contributed by atoms with E-state index in [4.69, 9.17) is 0 Å². The number of aromatic nitrogens is 1. The smallest absolute Gasteiger partial charge is 0.384 e. The molecule has 0 spiro atoms. The van der Waals surface area contributed by atoms with Crippen LogP contribution in [0.25, 0.3) is 0 Å². The monoisotopic (exact) mass is 311 g/mol. The predicted octanol–water partition coefficient (Wildman–Crippen LogP) is 1.22. The Hall–Kier alpha value is -1.19. The largest absolute Gasteiger partial charge is 0.389 e. The Bertz CT molecular complexity index is 412. The lowest BCUT2D eigenvalue weighted by Crippen LogP contribution is -2.43. The van der Waals surface area contributed by atoms with Crippen LogP contribution in [0.1, 0.15) is 24.0 Å². The number of alkyl halides is 3. The van der Waals surface area contributed by atoms with Crippen molar-refractivity contribution in [3.8, 4) is 0 Å². The van der Waals surface area contributed by atoms with E-state index in [1.165, 1.54) is 6.20 Å². The third-order valence-electron chi connectivity index (χ3n) is 2.51. The molecular formula is C11H16F3N3O2S. The van der Waals surface area contributed by atoms with Gasteiger partial charge in [-0.2, -0.15) is 13.2 Å². The molecule has 3 N–H and O–H groups in total. The fourth-order valence-electron chi connectivity index (χ4n) is 1.60. The summed E-state index contributed by atoms with van der Waals surface area (Å²) in [4.78, 5) is 15.3. The van der Waals surface area contributed by atoms with Crippen LogP contribution in [0.4, 0.5) is 13.2 Å². The van der Waals surface area contributed by atoms with E-state index in [0.29, 0.717) is 0 Å². The van der Waals surface area contributed by atoms with Gasteiger partial charge in [0.15, 0.2) is 0 Å². The Kier molecular flexibility index (Phi) is 6.37. The molecule has 0 saturated heterocycles. The van der Waals surface area contributed by atoms with Crippen molar-refractivity contribution in [3.05, 3.63) is 16.6 Å². The number of halogens is 3. The maximum Gasteiger partial charge on any atom is 0.389 e. The van der Waals surface area contributed by atoms with Gasteiger partial charge in [0.05, 0.1) is 12.6 Å². The maximum absolute atomic E-state index is 12.3. The first-order valence-electron chi connectivity index (χ1n) is 5.91. The third-order valence-corrected chi connectivity index (χ3v) is 3.35. The summed E-state index contributed by atoms with van der Waals surface area (Å²) in [7, 11) is 1.54. The second-order valence-electron chi connectivity index (χ2n) is 4.17. The molecule has 0 aliphatic carbocycles. The van der Waals surface area contributed by atoms with Crippen LogP contribution in [0.3, 0.4) is 0 Å². The molecule has 2 atom stereocenters. The van der Waals surface area contributed by atoms with Crippen molar-refractivity contribution in [2.45, 2.75) is 31.2 Å². The van der Waals surface area contributed by atoms with E-state index in [9.17, 15) is 23.1 Å². The Morgan fingerprint density at radius 2 is 2.25 bits per heavy atom. The van der Waals surface area contributed by atoms with Gasteiger partial charge in [-0.15, -0.1) is 11.3 Å². The zero-order chi connectivity index (χ0) is 15.2. The molecule has 2 unspecified atom stereocenters. The Labute approximate surface area is 118 Å². The van der Waals surface area contributed by atoms with Gasteiger partial charge in [-0.3, -0.25) is 4.79 Å². The molecule has 0 radical (unpaired) electrons. The molecule has 114 valence electrons. The van der Waals surface area contributed by atoms with Crippen LogP contribution in [0.15, 0.2) is 11.6 Å². The quantitative estimate of drug-likeness (QED) is 0.708. The van der Waals surface area contributed by atoms with Crippen LogP contribution in [0.2, 0.25) is 0 Å². The number of amides is 1. The number of aliphatic hydroxyl groups is 1. The standard InChI is InChI=1S/C11H16F3N3O2S/c1-15-6-8(18)17-7(2-3-11(12,13)14)9(19)10-16-4-5-20-10/h4-5,7,9,15,19H,2-3,6H2,1H3,(H,17,18). The summed E-state index contributed by atoms with van der Waals surface area (Å²) < 4.78 is 36.9. The highest BCUT2D eigenvalue weighted by Gasteiger charge is 2.32. The third kappa shape index (κ3) is 5.85. The van der Waals surface area contributed by atoms with E-state index in [-0.39, 0.29) is 11.6 Å². The van der Waals surface area contributed by atoms with Gasteiger partial charge in [-0.05, 0) is 13.5 Å². The highest BCUT2D eigenvalue weighted by atomic mass is 32.1. The zero-order valence-electron chi connectivity index (χ0n) is 10.8. The lowest BCUT2D eigenvalue weighted by atomic mass is 10.1. The Morgan fingerprint density at radius 3 is 2.75 bits per heavy atom. The molecular weight excluding hydrogens is 295 g/mol. The first kappa shape index (κ1) is 16.9. The number of nitrogens with zero attached hydrogens (tertiary/aromatic N) is 1. The minimum Gasteiger partial charge on any atom is -0.384 e. The van der Waals surface area contributed by atoms with Gasteiger partial charge in [0, 0.05) is 18.0 Å². The average Bonchev–Trinajstić information content (AvgIpc) is 2.86. The van der Waals surface area contributed by atoms with Crippen molar-refractivity contribution in [1.82, 2.24) is 15.6 Å². The molecule has 20 heavy (non-hydrogen) atoms. The first-order valence-corrected chi connectivity index (χ1v) is 6.79. The van der Waals surface area contributed by atoms with Crippen molar-refractivity contribution in [1.29, 1.82) is 0 Å². The highest BCUT2D eigenvalue weighted by Crippen LogP contribution is 2.27. The van der Waals surface area contributed by atoms with Crippen molar-refractivity contribution < 1.29 is 23.1 Å². The van der Waals surface area contributed by atoms with Crippen LogP contribution in [-0.2, 0) is 4.79 Å². The van der Waals surface area contributed by atoms with Crippen LogP contribution in [0.5, 0.6) is 0 Å². The van der Waals surface area contributed by atoms with E-state index in [1.54, 1.807) is 12.4 Å². The summed E-state index contributed by atoms with van der Waals surface area (Å²) in [6.45, 7) is -0.0346. The Balaban J connectivity index is 2.70. The number of aliphatic hydroxyl groups excluding tert-OH is 1. The average molecular weight is 311 g/mol. The molecule has 0 aliphatic rings. The number of hydrogen-bond donors (Lipinski definition) is 3. The van der Waals surface area contributed by atoms with E-state index in [1.807, 2.05) is 0 Å². The van der Waals surface area contributed by atoms with Gasteiger partial charge in [0.2, 0.25) is 5.91 Å². The summed E-state index contributed by atoms with van der Waals surface area (Å²) >= 11 is 1.12. The van der Waals surface area contributed by atoms with E-state index >= 15 is 0 Å². The Morgan fingerprint density at radius 1 is 1.55 bits per heavy atom. The van der Waals surface area contributed by atoms with Crippen LogP contribution in [-0.4, -0.2) is 41.8 Å². The van der Waals surface area contributed by atoms with Crippen molar-refractivity contribution in [2.24, 2.45) is 0 Å². The predicted molar refractivity (Wildman–Crippen MR) is 68.2 cm³/mol. The molecule has 0 saturated carbocycles. The summed E-state index contributed by atoms with van der Waals surface area (Å²) in [5.41, 5.74) is 0. The minimum absolute atomic E-state index is 0.0346. The lowest BCUT2D eigenvalue weighted by Gasteiger charge is -2.23. The fraction of sp³-hybridized carbons (Fsp3) is 0.636. The molecule has 1 rings (SSSR count). The van der Waals surface area contributed by atoms with Crippen molar-refractivity contribution in [3.63, 3.8) is 0 Å². The number of likely N-dealkylation sites (N-methyl/N-ethyl adjacent to an activating group) is 1. The van der Waals surface area contributed by atoms with Crippen LogP contribution < -0.4 is 10.6 Å². The van der Waals surface area contributed by atoms with Gasteiger partial charge in [-0.1, -0.05) is 0 Å². The van der Waals surface area contributed by atoms with Gasteiger partial charge < -0.3 is 15.7 Å². The molecule has 9 heteroatoms. The second-order valence-corrected chi connectivity index (χ2v) is 5.10. The SMILES string of the molecule is CNCC(=O)NC(CCC(F)(F)F)C(O)c1nccs1. The number of rotatable bonds is 7. The summed E-state index contributed by atoms with van der Waals surface area (Å²) in [5.74, 6) is -0.477. The highest BCUT2D eigenvalue weighted by molar-refractivity contribution is 7.09. The van der Waals surface area contributed by atoms with E-state index in [0.717, 1.165) is 11.3 Å². The minimum atomic E-state index is -4.34. The normalized spacial score (nSPS) is 14.8. The van der Waals surface area contributed by atoms with Gasteiger partial charge >= 0.3 is 6.18 Å². The maximum atomic E-state index is 12.3. The molecule has 0 fully saturated rings. The van der Waals surface area contributed by atoms with Gasteiger partial charge in [-0.25, -0.2) is 4.98 Å². The fourth-order valence-corrected chi connectivity index (χ4v) is 2.29. The first-order chi connectivity index (χ1) is 9.33. The van der Waals surface area contributed by atoms with Crippen molar-refractivity contribution >= 4 is 17.2 Å². The summed E-state index contributed by atoms with van der Waals surface area (Å²) in [6.07, 6.45) is -5.63. The molecule has 1 aromatic rings. The molecule has 0 aromatic carbocycles. The summed E-state index contributed by atoms with van der Waals surface area (Å²) in [5, 5.41) is 16.9. The number of nitrogens with one attached hydrogen (secondary N) is 2. The molecule has 0 bridgehead atoms. The number of thiazole rings is 1.